The summed E-state index contributed by atoms with van der Waals surface area (Å²) in [6, 6.07) is 15.5. The number of carbonyl (C=O) groups is 2. The normalized spacial score (nSPS) is 14.2. The number of aliphatic hydroxyl groups is 1. The average molecular weight is 389 g/mol. The van der Waals surface area contributed by atoms with Crippen molar-refractivity contribution in [2.75, 3.05) is 18.5 Å². The van der Waals surface area contributed by atoms with Crippen LogP contribution < -0.4 is 10.6 Å². The molecule has 1 aliphatic heterocycles. The van der Waals surface area contributed by atoms with Crippen LogP contribution >= 0.6 is 0 Å². The Kier molecular flexibility index (Phi) is 5.44. The highest BCUT2D eigenvalue weighted by Crippen LogP contribution is 2.34. The molecule has 29 heavy (non-hydrogen) atoms. The van der Waals surface area contributed by atoms with Crippen LogP contribution in [0.1, 0.15) is 24.0 Å². The maximum Gasteiger partial charge on any atom is 0.256 e. The molecule has 0 aliphatic carbocycles. The maximum absolute atomic E-state index is 12.5. The van der Waals surface area contributed by atoms with Gasteiger partial charge in [0.1, 0.15) is 6.54 Å². The number of carbonyl (C=O) groups excluding carboxylic acids is 2. The molecule has 6 nitrogen and oxygen atoms in total. The maximum atomic E-state index is 12.5. The van der Waals surface area contributed by atoms with E-state index in [1.54, 1.807) is 0 Å². The molecule has 1 aliphatic rings. The highest BCUT2D eigenvalue weighted by Gasteiger charge is 2.24. The van der Waals surface area contributed by atoms with Crippen LogP contribution in [0.5, 0.6) is 0 Å². The van der Waals surface area contributed by atoms with Gasteiger partial charge in [0.2, 0.25) is 5.91 Å². The number of aromatic nitrogens is 1. The van der Waals surface area contributed by atoms with Gasteiger partial charge in [-0.15, -0.1) is 0 Å². The minimum absolute atomic E-state index is 0.0770. The van der Waals surface area contributed by atoms with E-state index in [9.17, 15) is 9.59 Å². The van der Waals surface area contributed by atoms with Gasteiger partial charge in [0.15, 0.2) is 0 Å². The lowest BCUT2D eigenvalue weighted by Gasteiger charge is -2.07. The van der Waals surface area contributed by atoms with E-state index in [4.69, 9.17) is 5.11 Å². The average Bonchev–Trinajstić information content (AvgIpc) is 3.23. The second-order valence-corrected chi connectivity index (χ2v) is 7.07. The van der Waals surface area contributed by atoms with Crippen LogP contribution in [0.3, 0.4) is 0 Å². The molecule has 2 aromatic carbocycles. The van der Waals surface area contributed by atoms with Gasteiger partial charge in [-0.3, -0.25) is 9.59 Å². The number of rotatable bonds is 7. The molecule has 0 radical (unpaired) electrons. The van der Waals surface area contributed by atoms with Crippen molar-refractivity contribution in [2.45, 2.75) is 19.4 Å². The van der Waals surface area contributed by atoms with Crippen LogP contribution in [0.15, 0.2) is 54.7 Å². The first-order valence-electron chi connectivity index (χ1n) is 9.75. The fourth-order valence-corrected chi connectivity index (χ4v) is 3.63. The van der Waals surface area contributed by atoms with Gasteiger partial charge in [0.25, 0.3) is 5.91 Å². The van der Waals surface area contributed by atoms with Crippen molar-refractivity contribution >= 4 is 40.1 Å². The third-order valence-corrected chi connectivity index (χ3v) is 5.05. The van der Waals surface area contributed by atoms with E-state index in [0.29, 0.717) is 18.5 Å². The zero-order chi connectivity index (χ0) is 20.2. The van der Waals surface area contributed by atoms with E-state index < -0.39 is 0 Å². The minimum Gasteiger partial charge on any atom is -0.396 e. The number of anilines is 1. The van der Waals surface area contributed by atoms with Crippen LogP contribution in [0.2, 0.25) is 0 Å². The summed E-state index contributed by atoms with van der Waals surface area (Å²) in [6.07, 6.45) is 5.23. The smallest absolute Gasteiger partial charge is 0.256 e. The Morgan fingerprint density at radius 1 is 1.10 bits per heavy atom. The number of unbranched alkanes of at least 4 members (excludes halogenated alkanes) is 1. The highest BCUT2D eigenvalue weighted by atomic mass is 16.3. The van der Waals surface area contributed by atoms with E-state index in [1.165, 1.54) is 0 Å². The Morgan fingerprint density at radius 3 is 2.76 bits per heavy atom. The predicted molar refractivity (Wildman–Crippen MR) is 114 cm³/mol. The highest BCUT2D eigenvalue weighted by molar-refractivity contribution is 6.35. The summed E-state index contributed by atoms with van der Waals surface area (Å²) in [5.74, 6) is -0.198. The second-order valence-electron chi connectivity index (χ2n) is 7.07. The molecule has 0 atom stereocenters. The third kappa shape index (κ3) is 3.93. The van der Waals surface area contributed by atoms with Crippen molar-refractivity contribution in [3.8, 4) is 0 Å². The summed E-state index contributed by atoms with van der Waals surface area (Å²) in [6.45, 7) is 0.880. The van der Waals surface area contributed by atoms with Gasteiger partial charge >= 0.3 is 0 Å². The lowest BCUT2D eigenvalue weighted by atomic mass is 10.0. The van der Waals surface area contributed by atoms with Gasteiger partial charge in [-0.05, 0) is 31.1 Å². The SMILES string of the molecule is O=C(Cn1cc(/C=C2/C(=O)Nc3ccccc32)c2ccccc21)NCCCCO. The molecule has 0 unspecified atom stereocenters. The largest absolute Gasteiger partial charge is 0.396 e. The minimum atomic E-state index is -0.121. The Labute approximate surface area is 168 Å². The number of aliphatic hydroxyl groups excluding tert-OH is 1. The number of fused-ring (bicyclic) bond motifs is 2. The first-order chi connectivity index (χ1) is 14.2. The Hall–Kier alpha value is -3.38. The molecule has 148 valence electrons. The molecule has 6 heteroatoms. The zero-order valence-corrected chi connectivity index (χ0v) is 16.0. The number of hydrogen-bond donors (Lipinski definition) is 3. The van der Waals surface area contributed by atoms with Crippen molar-refractivity contribution in [1.29, 1.82) is 0 Å². The molecular weight excluding hydrogens is 366 g/mol. The lowest BCUT2D eigenvalue weighted by Crippen LogP contribution is -2.28. The molecule has 2 amide bonds. The van der Waals surface area contributed by atoms with Crippen molar-refractivity contribution in [2.24, 2.45) is 0 Å². The number of nitrogens with zero attached hydrogens (tertiary/aromatic N) is 1. The van der Waals surface area contributed by atoms with Crippen molar-refractivity contribution in [3.05, 3.63) is 65.9 Å². The molecule has 3 N–H and O–H groups in total. The van der Waals surface area contributed by atoms with Crippen molar-refractivity contribution in [1.82, 2.24) is 9.88 Å². The summed E-state index contributed by atoms with van der Waals surface area (Å²) in [5.41, 5.74) is 4.16. The fraction of sp³-hybridized carbons (Fsp3) is 0.217. The van der Waals surface area contributed by atoms with E-state index in [2.05, 4.69) is 10.6 Å². The van der Waals surface area contributed by atoms with Crippen LogP contribution in [0.25, 0.3) is 22.6 Å². The Morgan fingerprint density at radius 2 is 1.90 bits per heavy atom. The topological polar surface area (TPSA) is 83.4 Å². The molecule has 4 rings (SSSR count). The van der Waals surface area contributed by atoms with Gasteiger partial charge in [-0.25, -0.2) is 0 Å². The molecule has 0 bridgehead atoms. The summed E-state index contributed by atoms with van der Waals surface area (Å²) < 4.78 is 1.90. The monoisotopic (exact) mass is 389 g/mol. The molecule has 3 aromatic rings. The molecule has 2 heterocycles. The van der Waals surface area contributed by atoms with Crippen LogP contribution in [0, 0.1) is 0 Å². The van der Waals surface area contributed by atoms with Crippen molar-refractivity contribution < 1.29 is 14.7 Å². The number of para-hydroxylation sites is 2. The molecular formula is C23H23N3O3. The Bertz CT molecular complexity index is 1100. The van der Waals surface area contributed by atoms with Gasteiger partial charge < -0.3 is 20.3 Å². The zero-order valence-electron chi connectivity index (χ0n) is 16.0. The van der Waals surface area contributed by atoms with Gasteiger partial charge in [0.05, 0.1) is 0 Å². The lowest BCUT2D eigenvalue weighted by molar-refractivity contribution is -0.121. The van der Waals surface area contributed by atoms with E-state index >= 15 is 0 Å². The van der Waals surface area contributed by atoms with Crippen LogP contribution in [-0.4, -0.2) is 34.6 Å². The molecule has 0 saturated heterocycles. The summed E-state index contributed by atoms with van der Waals surface area (Å²) in [4.78, 5) is 24.8. The standard InChI is InChI=1S/C23H23N3O3/c27-12-6-5-11-24-22(28)15-26-14-16(17-7-2-4-10-21(17)26)13-19-18-8-1-3-9-20(18)25-23(19)29/h1-4,7-10,13-14,27H,5-6,11-12,15H2,(H,24,28)(H,25,29)/b19-13+. The fourth-order valence-electron chi connectivity index (χ4n) is 3.63. The van der Waals surface area contributed by atoms with Gasteiger partial charge in [0, 0.05) is 52.6 Å². The predicted octanol–water partition coefficient (Wildman–Crippen LogP) is 3.02. The quantitative estimate of drug-likeness (QED) is 0.429. The molecule has 1 aromatic heterocycles. The Balaban J connectivity index is 1.63. The molecule has 0 fully saturated rings. The van der Waals surface area contributed by atoms with E-state index in [-0.39, 0.29) is 25.0 Å². The van der Waals surface area contributed by atoms with Gasteiger partial charge in [-0.2, -0.15) is 0 Å². The third-order valence-electron chi connectivity index (χ3n) is 5.05. The summed E-state index contributed by atoms with van der Waals surface area (Å²) in [7, 11) is 0. The van der Waals surface area contributed by atoms with Gasteiger partial charge in [-0.1, -0.05) is 36.4 Å². The first kappa shape index (κ1) is 19.0. The summed E-state index contributed by atoms with van der Waals surface area (Å²) in [5, 5.41) is 15.6. The number of amides is 2. The first-order valence-corrected chi connectivity index (χ1v) is 9.75. The van der Waals surface area contributed by atoms with Crippen molar-refractivity contribution in [3.63, 3.8) is 0 Å². The summed E-state index contributed by atoms with van der Waals surface area (Å²) >= 11 is 0. The van der Waals surface area contributed by atoms with E-state index in [0.717, 1.165) is 34.1 Å². The van der Waals surface area contributed by atoms with Crippen LogP contribution in [0.4, 0.5) is 5.69 Å². The van der Waals surface area contributed by atoms with Crippen LogP contribution in [-0.2, 0) is 16.1 Å². The molecule has 0 saturated carbocycles. The second kappa shape index (κ2) is 8.32. The number of nitrogens with one attached hydrogen (secondary N) is 2. The molecule has 0 spiro atoms. The number of hydrogen-bond acceptors (Lipinski definition) is 3. The van der Waals surface area contributed by atoms with E-state index in [1.807, 2.05) is 65.4 Å². The number of benzene rings is 2.